The first-order valence-corrected chi connectivity index (χ1v) is 6.51. The van der Waals surface area contributed by atoms with E-state index >= 15 is 0 Å². The molecule has 1 atom stereocenters. The Morgan fingerprint density at radius 3 is 2.53 bits per heavy atom. The number of hydrogen-bond donors (Lipinski definition) is 1. The van der Waals surface area contributed by atoms with Gasteiger partial charge in [-0.2, -0.15) is 0 Å². The third kappa shape index (κ3) is 2.86. The molecule has 2 rings (SSSR count). The number of benzene rings is 2. The van der Waals surface area contributed by atoms with Crippen LogP contribution >= 0.6 is 0 Å². The molecule has 1 nitrogen and oxygen atoms in total. The van der Waals surface area contributed by atoms with Crippen molar-refractivity contribution in [2.75, 3.05) is 7.05 Å². The molecule has 0 radical (unpaired) electrons. The molecule has 0 aliphatic carbocycles. The molecule has 90 valence electrons. The summed E-state index contributed by atoms with van der Waals surface area (Å²) in [4.78, 5) is 0. The van der Waals surface area contributed by atoms with Crippen molar-refractivity contribution in [3.8, 4) is 0 Å². The normalized spacial score (nSPS) is 12.8. The summed E-state index contributed by atoms with van der Waals surface area (Å²) in [6, 6.07) is 15.8. The molecule has 2 aromatic rings. The second kappa shape index (κ2) is 5.83. The minimum Gasteiger partial charge on any atom is -0.313 e. The van der Waals surface area contributed by atoms with Crippen LogP contribution in [0.15, 0.2) is 42.5 Å². The Labute approximate surface area is 104 Å². The summed E-state index contributed by atoms with van der Waals surface area (Å²) in [5, 5.41) is 6.07. The predicted molar refractivity (Wildman–Crippen MR) is 75.3 cm³/mol. The van der Waals surface area contributed by atoms with Crippen LogP contribution in [0.3, 0.4) is 0 Å². The van der Waals surface area contributed by atoms with Crippen LogP contribution in [0, 0.1) is 0 Å². The zero-order chi connectivity index (χ0) is 12.1. The van der Waals surface area contributed by atoms with Gasteiger partial charge in [-0.1, -0.05) is 56.2 Å². The SMILES string of the molecule is CCCCC(NC)c1ccc2ccccc2c1. The molecule has 0 aromatic heterocycles. The van der Waals surface area contributed by atoms with Crippen molar-refractivity contribution < 1.29 is 0 Å². The van der Waals surface area contributed by atoms with Gasteiger partial charge in [-0.3, -0.25) is 0 Å². The zero-order valence-electron chi connectivity index (χ0n) is 10.7. The summed E-state index contributed by atoms with van der Waals surface area (Å²) in [5.74, 6) is 0. The highest BCUT2D eigenvalue weighted by atomic mass is 14.9. The summed E-state index contributed by atoms with van der Waals surface area (Å²) < 4.78 is 0. The molecule has 1 heteroatoms. The van der Waals surface area contributed by atoms with Crippen molar-refractivity contribution >= 4 is 10.8 Å². The predicted octanol–water partition coefficient (Wildman–Crippen LogP) is 4.29. The van der Waals surface area contributed by atoms with E-state index in [-0.39, 0.29) is 0 Å². The lowest BCUT2D eigenvalue weighted by Crippen LogP contribution is -2.16. The van der Waals surface area contributed by atoms with Gasteiger partial charge < -0.3 is 5.32 Å². The average molecular weight is 227 g/mol. The zero-order valence-corrected chi connectivity index (χ0v) is 10.7. The molecule has 0 bridgehead atoms. The average Bonchev–Trinajstić information content (AvgIpc) is 2.39. The quantitative estimate of drug-likeness (QED) is 0.803. The largest absolute Gasteiger partial charge is 0.313 e. The highest BCUT2D eigenvalue weighted by molar-refractivity contribution is 5.83. The van der Waals surface area contributed by atoms with Crippen LogP contribution in [0.4, 0.5) is 0 Å². The van der Waals surface area contributed by atoms with Crippen LogP contribution in [0.2, 0.25) is 0 Å². The van der Waals surface area contributed by atoms with E-state index in [0.29, 0.717) is 6.04 Å². The molecule has 0 spiro atoms. The fraction of sp³-hybridized carbons (Fsp3) is 0.375. The van der Waals surface area contributed by atoms with Gasteiger partial charge in [-0.05, 0) is 35.9 Å². The van der Waals surface area contributed by atoms with Crippen LogP contribution < -0.4 is 5.32 Å². The van der Waals surface area contributed by atoms with Crippen LogP contribution in [0.5, 0.6) is 0 Å². The highest BCUT2D eigenvalue weighted by Crippen LogP contribution is 2.23. The molecule has 0 fully saturated rings. The Morgan fingerprint density at radius 2 is 1.82 bits per heavy atom. The van der Waals surface area contributed by atoms with Gasteiger partial charge in [0.25, 0.3) is 0 Å². The van der Waals surface area contributed by atoms with Gasteiger partial charge in [0.1, 0.15) is 0 Å². The Morgan fingerprint density at radius 1 is 1.06 bits per heavy atom. The Balaban J connectivity index is 2.27. The first-order valence-electron chi connectivity index (χ1n) is 6.51. The third-order valence-electron chi connectivity index (χ3n) is 3.37. The molecular formula is C16H21N. The molecule has 0 saturated heterocycles. The van der Waals surface area contributed by atoms with E-state index in [4.69, 9.17) is 0 Å². The molecule has 2 aromatic carbocycles. The lowest BCUT2D eigenvalue weighted by atomic mass is 9.98. The second-order valence-corrected chi connectivity index (χ2v) is 4.59. The minimum absolute atomic E-state index is 0.486. The van der Waals surface area contributed by atoms with Crippen molar-refractivity contribution in [1.29, 1.82) is 0 Å². The first-order chi connectivity index (χ1) is 8.35. The van der Waals surface area contributed by atoms with E-state index < -0.39 is 0 Å². The number of unbranched alkanes of at least 4 members (excludes halogenated alkanes) is 1. The van der Waals surface area contributed by atoms with Gasteiger partial charge in [-0.15, -0.1) is 0 Å². The van der Waals surface area contributed by atoms with Crippen LogP contribution in [-0.4, -0.2) is 7.05 Å². The standard InChI is InChI=1S/C16H21N/c1-3-4-9-16(17-2)15-11-10-13-7-5-6-8-14(13)12-15/h5-8,10-12,16-17H,3-4,9H2,1-2H3. The maximum Gasteiger partial charge on any atom is 0.0317 e. The number of hydrogen-bond acceptors (Lipinski definition) is 1. The van der Waals surface area contributed by atoms with Crippen molar-refractivity contribution in [2.24, 2.45) is 0 Å². The molecule has 0 aliphatic rings. The van der Waals surface area contributed by atoms with E-state index in [1.54, 1.807) is 0 Å². The maximum atomic E-state index is 3.42. The smallest absolute Gasteiger partial charge is 0.0317 e. The summed E-state index contributed by atoms with van der Waals surface area (Å²) in [6.07, 6.45) is 3.75. The van der Waals surface area contributed by atoms with E-state index in [1.165, 1.54) is 35.6 Å². The molecule has 0 heterocycles. The third-order valence-corrected chi connectivity index (χ3v) is 3.37. The van der Waals surface area contributed by atoms with E-state index in [9.17, 15) is 0 Å². The summed E-state index contributed by atoms with van der Waals surface area (Å²) in [6.45, 7) is 2.24. The monoisotopic (exact) mass is 227 g/mol. The van der Waals surface area contributed by atoms with Gasteiger partial charge in [0.05, 0.1) is 0 Å². The van der Waals surface area contributed by atoms with Crippen LogP contribution in [0.25, 0.3) is 10.8 Å². The van der Waals surface area contributed by atoms with Crippen LogP contribution in [0.1, 0.15) is 37.8 Å². The number of fused-ring (bicyclic) bond motifs is 1. The maximum absolute atomic E-state index is 3.42. The van der Waals surface area contributed by atoms with Gasteiger partial charge in [0, 0.05) is 6.04 Å². The summed E-state index contributed by atoms with van der Waals surface area (Å²) in [5.41, 5.74) is 1.40. The molecule has 0 aliphatic heterocycles. The Bertz CT molecular complexity index is 476. The second-order valence-electron chi connectivity index (χ2n) is 4.59. The molecule has 0 amide bonds. The van der Waals surface area contributed by atoms with E-state index in [2.05, 4.69) is 61.8 Å². The van der Waals surface area contributed by atoms with Gasteiger partial charge in [0.2, 0.25) is 0 Å². The minimum atomic E-state index is 0.486. The lowest BCUT2D eigenvalue weighted by molar-refractivity contribution is 0.523. The molecule has 1 unspecified atom stereocenters. The first kappa shape index (κ1) is 12.1. The van der Waals surface area contributed by atoms with Crippen LogP contribution in [-0.2, 0) is 0 Å². The Hall–Kier alpha value is -1.34. The van der Waals surface area contributed by atoms with Gasteiger partial charge >= 0.3 is 0 Å². The van der Waals surface area contributed by atoms with Crippen molar-refractivity contribution in [2.45, 2.75) is 32.2 Å². The van der Waals surface area contributed by atoms with Gasteiger partial charge in [0.15, 0.2) is 0 Å². The topological polar surface area (TPSA) is 12.0 Å². The fourth-order valence-electron chi connectivity index (χ4n) is 2.31. The van der Waals surface area contributed by atoms with Crippen molar-refractivity contribution in [1.82, 2.24) is 5.32 Å². The van der Waals surface area contributed by atoms with Crippen molar-refractivity contribution in [3.63, 3.8) is 0 Å². The summed E-state index contributed by atoms with van der Waals surface area (Å²) in [7, 11) is 2.05. The molecule has 1 N–H and O–H groups in total. The van der Waals surface area contributed by atoms with E-state index in [0.717, 1.165) is 0 Å². The lowest BCUT2D eigenvalue weighted by Gasteiger charge is -2.16. The molecule has 17 heavy (non-hydrogen) atoms. The fourth-order valence-corrected chi connectivity index (χ4v) is 2.31. The van der Waals surface area contributed by atoms with Gasteiger partial charge in [-0.25, -0.2) is 0 Å². The Kier molecular flexibility index (Phi) is 4.16. The molecule has 0 saturated carbocycles. The number of rotatable bonds is 5. The number of nitrogens with one attached hydrogen (secondary N) is 1. The molecular weight excluding hydrogens is 206 g/mol. The highest BCUT2D eigenvalue weighted by Gasteiger charge is 2.08. The van der Waals surface area contributed by atoms with Crippen molar-refractivity contribution in [3.05, 3.63) is 48.0 Å². The summed E-state index contributed by atoms with van der Waals surface area (Å²) >= 11 is 0. The van der Waals surface area contributed by atoms with E-state index in [1.807, 2.05) is 0 Å².